The molecule has 0 saturated heterocycles. The van der Waals surface area contributed by atoms with Gasteiger partial charge in [-0.25, -0.2) is 4.79 Å². The van der Waals surface area contributed by atoms with Crippen molar-refractivity contribution in [1.29, 1.82) is 0 Å². The second-order valence-electron chi connectivity index (χ2n) is 9.59. The third-order valence-electron chi connectivity index (χ3n) is 4.28. The summed E-state index contributed by atoms with van der Waals surface area (Å²) in [5.41, 5.74) is -0.419. The monoisotopic (exact) mass is 481 g/mol. The molecule has 0 aliphatic heterocycles. The highest BCUT2D eigenvalue weighted by molar-refractivity contribution is 7.09. The van der Waals surface area contributed by atoms with Crippen molar-refractivity contribution < 1.29 is 19.1 Å². The number of benzene rings is 1. The number of amides is 2. The average molecular weight is 482 g/mol. The van der Waals surface area contributed by atoms with Gasteiger partial charge in [-0.1, -0.05) is 32.4 Å². The van der Waals surface area contributed by atoms with E-state index >= 15 is 0 Å². The highest BCUT2D eigenvalue weighted by Crippen LogP contribution is 2.26. The van der Waals surface area contributed by atoms with E-state index < -0.39 is 17.6 Å². The Balaban J connectivity index is 2.39. The lowest BCUT2D eigenvalue weighted by atomic mass is 9.95. The number of thiazole rings is 1. The predicted molar refractivity (Wildman–Crippen MR) is 128 cm³/mol. The van der Waals surface area contributed by atoms with E-state index in [0.29, 0.717) is 22.1 Å². The molecule has 0 fully saturated rings. The van der Waals surface area contributed by atoms with E-state index in [1.54, 1.807) is 18.2 Å². The molecular weight excluding hydrogens is 450 g/mol. The van der Waals surface area contributed by atoms with Crippen molar-refractivity contribution in [3.05, 3.63) is 44.7 Å². The lowest BCUT2D eigenvalue weighted by molar-refractivity contribution is 0.0503. The van der Waals surface area contributed by atoms with Crippen LogP contribution in [0.5, 0.6) is 5.75 Å². The van der Waals surface area contributed by atoms with Gasteiger partial charge < -0.3 is 19.4 Å². The molecule has 1 heterocycles. The van der Waals surface area contributed by atoms with Gasteiger partial charge in [0.25, 0.3) is 5.91 Å². The van der Waals surface area contributed by atoms with Gasteiger partial charge in [0.05, 0.1) is 12.7 Å². The fraction of sp³-hybridized carbons (Fsp3) is 0.522. The van der Waals surface area contributed by atoms with Crippen molar-refractivity contribution >= 4 is 34.9 Å². The summed E-state index contributed by atoms with van der Waals surface area (Å²) in [5, 5.41) is 3.25. The highest BCUT2D eigenvalue weighted by Gasteiger charge is 2.21. The molecule has 2 amide bonds. The Morgan fingerprint density at radius 3 is 2.44 bits per heavy atom. The summed E-state index contributed by atoms with van der Waals surface area (Å²) < 4.78 is 12.5. The SMILES string of the molecule is COc1ccc(Cl)cc1C(=O)N=c1sc(C(C)(C)C)cn1C[C@@H](C)NC(=O)OC(C)(C)C. The van der Waals surface area contributed by atoms with E-state index in [-0.39, 0.29) is 17.0 Å². The summed E-state index contributed by atoms with van der Waals surface area (Å²) in [6, 6.07) is 4.59. The van der Waals surface area contributed by atoms with E-state index in [4.69, 9.17) is 21.1 Å². The minimum atomic E-state index is -0.582. The van der Waals surface area contributed by atoms with Crippen molar-refractivity contribution in [1.82, 2.24) is 9.88 Å². The Morgan fingerprint density at radius 1 is 1.22 bits per heavy atom. The van der Waals surface area contributed by atoms with Crippen LogP contribution < -0.4 is 14.9 Å². The molecule has 176 valence electrons. The minimum Gasteiger partial charge on any atom is -0.496 e. The van der Waals surface area contributed by atoms with E-state index in [0.717, 1.165) is 4.88 Å². The second kappa shape index (κ2) is 10.1. The van der Waals surface area contributed by atoms with Crippen LogP contribution in [-0.2, 0) is 16.7 Å². The molecule has 0 aliphatic rings. The number of aromatic nitrogens is 1. The first-order chi connectivity index (χ1) is 14.7. The van der Waals surface area contributed by atoms with Crippen LogP contribution in [0.1, 0.15) is 63.7 Å². The van der Waals surface area contributed by atoms with Crippen LogP contribution in [-0.4, -0.2) is 35.3 Å². The molecule has 0 bridgehead atoms. The normalized spacial score (nSPS) is 13.6. The fourth-order valence-corrected chi connectivity index (χ4v) is 4.02. The number of ether oxygens (including phenoxy) is 2. The summed E-state index contributed by atoms with van der Waals surface area (Å²) in [5.74, 6) is -0.0459. The van der Waals surface area contributed by atoms with Crippen molar-refractivity contribution in [2.75, 3.05) is 7.11 Å². The van der Waals surface area contributed by atoms with Crippen molar-refractivity contribution in [2.45, 2.75) is 72.1 Å². The Hall–Kier alpha value is -2.32. The molecule has 0 saturated carbocycles. The third kappa shape index (κ3) is 7.38. The number of alkyl carbamates (subject to hydrolysis) is 1. The van der Waals surface area contributed by atoms with E-state index in [2.05, 4.69) is 31.1 Å². The lowest BCUT2D eigenvalue weighted by Crippen LogP contribution is -2.40. The number of nitrogens with one attached hydrogen (secondary N) is 1. The number of hydrogen-bond donors (Lipinski definition) is 1. The van der Waals surface area contributed by atoms with Gasteiger partial charge in [0.1, 0.15) is 11.4 Å². The smallest absolute Gasteiger partial charge is 0.407 e. The van der Waals surface area contributed by atoms with Crippen molar-refractivity contribution in [2.24, 2.45) is 4.99 Å². The maximum atomic E-state index is 13.0. The topological polar surface area (TPSA) is 81.9 Å². The van der Waals surface area contributed by atoms with Crippen molar-refractivity contribution in [3.63, 3.8) is 0 Å². The molecule has 9 heteroatoms. The summed E-state index contributed by atoms with van der Waals surface area (Å²) in [6.07, 6.45) is 1.48. The molecule has 2 aromatic rings. The Morgan fingerprint density at radius 2 is 1.88 bits per heavy atom. The van der Waals surface area contributed by atoms with Gasteiger partial charge in [-0.2, -0.15) is 4.99 Å². The van der Waals surface area contributed by atoms with Gasteiger partial charge in [0, 0.05) is 28.7 Å². The Bertz CT molecular complexity index is 1040. The van der Waals surface area contributed by atoms with E-state index in [1.165, 1.54) is 18.4 Å². The zero-order valence-electron chi connectivity index (χ0n) is 19.9. The molecule has 1 N–H and O–H groups in total. The average Bonchev–Trinajstić information content (AvgIpc) is 3.02. The van der Waals surface area contributed by atoms with Gasteiger partial charge >= 0.3 is 6.09 Å². The predicted octanol–water partition coefficient (Wildman–Crippen LogP) is 5.16. The van der Waals surface area contributed by atoms with Crippen LogP contribution in [0, 0.1) is 0 Å². The van der Waals surface area contributed by atoms with Crippen LogP contribution in [0.4, 0.5) is 4.79 Å². The van der Waals surface area contributed by atoms with E-state index in [9.17, 15) is 9.59 Å². The maximum Gasteiger partial charge on any atom is 0.407 e. The molecular formula is C23H32ClN3O4S. The zero-order chi connectivity index (χ0) is 24.3. The lowest BCUT2D eigenvalue weighted by Gasteiger charge is -2.22. The Kier molecular flexibility index (Phi) is 8.17. The standard InChI is InChI=1S/C23H32ClN3O4S/c1-14(25-21(29)31-23(5,6)7)12-27-13-18(22(2,3)4)32-20(27)26-19(28)16-11-15(24)9-10-17(16)30-8/h9-11,13-14H,12H2,1-8H3,(H,25,29)/t14-/m1/s1. The fourth-order valence-electron chi connectivity index (χ4n) is 2.79. The van der Waals surface area contributed by atoms with Crippen LogP contribution in [0.3, 0.4) is 0 Å². The van der Waals surface area contributed by atoms with Gasteiger partial charge in [-0.05, 0) is 51.3 Å². The quantitative estimate of drug-likeness (QED) is 0.639. The summed E-state index contributed by atoms with van der Waals surface area (Å²) >= 11 is 7.51. The summed E-state index contributed by atoms with van der Waals surface area (Å²) in [4.78, 5) is 31.1. The molecule has 0 radical (unpaired) electrons. The van der Waals surface area contributed by atoms with E-state index in [1.807, 2.05) is 38.5 Å². The molecule has 32 heavy (non-hydrogen) atoms. The highest BCUT2D eigenvalue weighted by atomic mass is 35.5. The number of nitrogens with zero attached hydrogens (tertiary/aromatic N) is 2. The first-order valence-corrected chi connectivity index (χ1v) is 11.5. The molecule has 1 aromatic heterocycles. The van der Waals surface area contributed by atoms with Gasteiger partial charge in [-0.3, -0.25) is 4.79 Å². The molecule has 1 aromatic carbocycles. The largest absolute Gasteiger partial charge is 0.496 e. The summed E-state index contributed by atoms with van der Waals surface area (Å²) in [7, 11) is 1.49. The third-order valence-corrected chi connectivity index (χ3v) is 5.96. The number of methoxy groups -OCH3 is 1. The molecule has 2 rings (SSSR count). The van der Waals surface area contributed by atoms with Crippen LogP contribution in [0.15, 0.2) is 29.4 Å². The summed E-state index contributed by atoms with van der Waals surface area (Å²) in [6.45, 7) is 14.0. The number of halogens is 1. The number of hydrogen-bond acceptors (Lipinski definition) is 5. The molecule has 0 spiro atoms. The second-order valence-corrected chi connectivity index (χ2v) is 11.0. The van der Waals surface area contributed by atoms with Crippen molar-refractivity contribution in [3.8, 4) is 5.75 Å². The van der Waals surface area contributed by atoms with Gasteiger partial charge in [0.15, 0.2) is 4.80 Å². The number of rotatable bonds is 5. The first-order valence-electron chi connectivity index (χ1n) is 10.3. The zero-order valence-corrected chi connectivity index (χ0v) is 21.5. The molecule has 7 nitrogen and oxygen atoms in total. The minimum absolute atomic E-state index is 0.126. The molecule has 1 atom stereocenters. The molecule has 0 aliphatic carbocycles. The molecule has 0 unspecified atom stereocenters. The van der Waals surface area contributed by atoms with Crippen LogP contribution >= 0.6 is 22.9 Å². The van der Waals surface area contributed by atoms with Crippen LogP contribution in [0.2, 0.25) is 5.02 Å². The van der Waals surface area contributed by atoms with Gasteiger partial charge in [-0.15, -0.1) is 11.3 Å². The number of carbonyl (C=O) groups is 2. The van der Waals surface area contributed by atoms with Crippen LogP contribution in [0.25, 0.3) is 0 Å². The van der Waals surface area contributed by atoms with Gasteiger partial charge in [0.2, 0.25) is 0 Å². The first kappa shape index (κ1) is 25.9. The Labute approximate surface area is 198 Å². The maximum absolute atomic E-state index is 13.0. The number of carbonyl (C=O) groups excluding carboxylic acids is 2.